The van der Waals surface area contributed by atoms with Crippen LogP contribution in [0.1, 0.15) is 38.4 Å². The normalized spacial score (nSPS) is 21.4. The highest BCUT2D eigenvalue weighted by atomic mass is 19.1. The Labute approximate surface area is 107 Å². The summed E-state index contributed by atoms with van der Waals surface area (Å²) in [7, 11) is 0. The molecular formula is C14H19FN2O. The minimum absolute atomic E-state index is 0.0456. The number of nitrogens with one attached hydrogen (secondary N) is 1. The van der Waals surface area contributed by atoms with Crippen LogP contribution in [-0.2, 0) is 4.79 Å². The number of hydrogen-bond acceptors (Lipinski definition) is 2. The lowest BCUT2D eigenvalue weighted by Gasteiger charge is -2.30. The number of halogens is 1. The summed E-state index contributed by atoms with van der Waals surface area (Å²) in [5, 5.41) is 3.09. The third-order valence-corrected chi connectivity index (χ3v) is 3.39. The van der Waals surface area contributed by atoms with Crippen molar-refractivity contribution in [2.24, 2.45) is 0 Å². The third kappa shape index (κ3) is 2.38. The van der Waals surface area contributed by atoms with Crippen LogP contribution in [0.15, 0.2) is 24.3 Å². The first-order valence-corrected chi connectivity index (χ1v) is 6.44. The van der Waals surface area contributed by atoms with Gasteiger partial charge in [0, 0.05) is 11.6 Å². The highest BCUT2D eigenvalue weighted by Gasteiger charge is 2.35. The smallest absolute Gasteiger partial charge is 0.238 e. The van der Waals surface area contributed by atoms with Crippen molar-refractivity contribution in [2.45, 2.75) is 38.9 Å². The van der Waals surface area contributed by atoms with Gasteiger partial charge in [-0.15, -0.1) is 0 Å². The quantitative estimate of drug-likeness (QED) is 0.890. The van der Waals surface area contributed by atoms with Gasteiger partial charge >= 0.3 is 0 Å². The Morgan fingerprint density at radius 2 is 2.22 bits per heavy atom. The molecule has 1 aromatic carbocycles. The molecular weight excluding hydrogens is 231 g/mol. The number of nitrogens with zero attached hydrogens (tertiary/aromatic N) is 1. The molecule has 0 aromatic heterocycles. The van der Waals surface area contributed by atoms with Gasteiger partial charge in [0.1, 0.15) is 12.0 Å². The summed E-state index contributed by atoms with van der Waals surface area (Å²) < 4.78 is 13.8. The topological polar surface area (TPSA) is 32.3 Å². The molecule has 4 heteroatoms. The summed E-state index contributed by atoms with van der Waals surface area (Å²) in [5.41, 5.74) is 0.548. The maximum absolute atomic E-state index is 13.8. The average molecular weight is 250 g/mol. The zero-order valence-electron chi connectivity index (χ0n) is 10.8. The molecule has 0 bridgehead atoms. The van der Waals surface area contributed by atoms with Gasteiger partial charge in [-0.1, -0.05) is 31.5 Å². The molecule has 2 unspecified atom stereocenters. The molecule has 1 saturated heterocycles. The van der Waals surface area contributed by atoms with Gasteiger partial charge in [0.05, 0.1) is 6.54 Å². The van der Waals surface area contributed by atoms with Gasteiger partial charge in [0.25, 0.3) is 0 Å². The van der Waals surface area contributed by atoms with E-state index in [-0.39, 0.29) is 30.5 Å². The van der Waals surface area contributed by atoms with Crippen molar-refractivity contribution in [1.82, 2.24) is 10.2 Å². The van der Waals surface area contributed by atoms with Crippen LogP contribution in [-0.4, -0.2) is 23.4 Å². The average Bonchev–Trinajstić information content (AvgIpc) is 2.72. The monoisotopic (exact) mass is 250 g/mol. The first-order chi connectivity index (χ1) is 8.65. The highest BCUT2D eigenvalue weighted by Crippen LogP contribution is 2.27. The van der Waals surface area contributed by atoms with E-state index in [1.54, 1.807) is 23.1 Å². The number of rotatable bonds is 4. The maximum Gasteiger partial charge on any atom is 0.238 e. The molecule has 1 fully saturated rings. The fourth-order valence-corrected chi connectivity index (χ4v) is 2.53. The van der Waals surface area contributed by atoms with E-state index in [1.807, 2.05) is 6.92 Å². The zero-order chi connectivity index (χ0) is 13.1. The molecule has 0 spiro atoms. The molecule has 18 heavy (non-hydrogen) atoms. The Bertz CT molecular complexity index is 436. The Kier molecular flexibility index (Phi) is 3.97. The lowest BCUT2D eigenvalue weighted by atomic mass is 10.1. The number of hydrogen-bond donors (Lipinski definition) is 1. The summed E-state index contributed by atoms with van der Waals surface area (Å²) in [5.74, 6) is -0.220. The molecule has 1 amide bonds. The third-order valence-electron chi connectivity index (χ3n) is 3.39. The Hall–Kier alpha value is -1.42. The van der Waals surface area contributed by atoms with Crippen LogP contribution in [0.3, 0.4) is 0 Å². The molecule has 0 radical (unpaired) electrons. The molecule has 2 rings (SSSR count). The number of carbonyl (C=O) groups is 1. The minimum atomic E-state index is -0.333. The van der Waals surface area contributed by atoms with Gasteiger partial charge in [-0.3, -0.25) is 10.1 Å². The van der Waals surface area contributed by atoms with Crippen LogP contribution in [0.5, 0.6) is 0 Å². The Morgan fingerprint density at radius 1 is 1.50 bits per heavy atom. The van der Waals surface area contributed by atoms with Crippen molar-refractivity contribution in [2.75, 3.05) is 6.54 Å². The second-order valence-electron chi connectivity index (χ2n) is 4.74. The lowest BCUT2D eigenvalue weighted by molar-refractivity contribution is -0.130. The van der Waals surface area contributed by atoms with Gasteiger partial charge in [-0.2, -0.15) is 0 Å². The van der Waals surface area contributed by atoms with E-state index in [0.717, 1.165) is 12.8 Å². The molecule has 1 heterocycles. The summed E-state index contributed by atoms with van der Waals surface area (Å²) in [6, 6.07) is 6.75. The van der Waals surface area contributed by atoms with Crippen LogP contribution in [0.4, 0.5) is 4.39 Å². The van der Waals surface area contributed by atoms with E-state index < -0.39 is 0 Å². The molecule has 3 nitrogen and oxygen atoms in total. The molecule has 98 valence electrons. The van der Waals surface area contributed by atoms with Crippen LogP contribution >= 0.6 is 0 Å². The largest absolute Gasteiger partial charge is 0.319 e. The predicted octanol–water partition coefficient (Wildman–Crippen LogP) is 2.44. The van der Waals surface area contributed by atoms with Crippen LogP contribution < -0.4 is 5.32 Å². The van der Waals surface area contributed by atoms with E-state index in [0.29, 0.717) is 5.56 Å². The summed E-state index contributed by atoms with van der Waals surface area (Å²) >= 11 is 0. The van der Waals surface area contributed by atoms with Crippen molar-refractivity contribution in [3.8, 4) is 0 Å². The first-order valence-electron chi connectivity index (χ1n) is 6.44. The maximum atomic E-state index is 13.8. The van der Waals surface area contributed by atoms with Crippen LogP contribution in [0, 0.1) is 5.82 Å². The van der Waals surface area contributed by atoms with E-state index in [4.69, 9.17) is 0 Å². The van der Waals surface area contributed by atoms with Crippen molar-refractivity contribution < 1.29 is 9.18 Å². The molecule has 2 atom stereocenters. The van der Waals surface area contributed by atoms with E-state index in [1.165, 1.54) is 6.07 Å². The molecule has 0 aliphatic carbocycles. The summed E-state index contributed by atoms with van der Waals surface area (Å²) in [6.45, 7) is 4.39. The Morgan fingerprint density at radius 3 is 2.89 bits per heavy atom. The van der Waals surface area contributed by atoms with E-state index in [2.05, 4.69) is 12.2 Å². The van der Waals surface area contributed by atoms with E-state index in [9.17, 15) is 9.18 Å². The molecule has 1 aliphatic rings. The van der Waals surface area contributed by atoms with Gasteiger partial charge in [-0.05, 0) is 19.4 Å². The van der Waals surface area contributed by atoms with Gasteiger partial charge < -0.3 is 4.90 Å². The zero-order valence-corrected chi connectivity index (χ0v) is 10.8. The van der Waals surface area contributed by atoms with Crippen molar-refractivity contribution in [3.05, 3.63) is 35.6 Å². The molecule has 0 saturated carbocycles. The lowest BCUT2D eigenvalue weighted by Crippen LogP contribution is -2.38. The van der Waals surface area contributed by atoms with Crippen molar-refractivity contribution in [3.63, 3.8) is 0 Å². The second kappa shape index (κ2) is 5.48. The van der Waals surface area contributed by atoms with Crippen LogP contribution in [0.2, 0.25) is 0 Å². The van der Waals surface area contributed by atoms with Gasteiger partial charge in [0.15, 0.2) is 0 Å². The van der Waals surface area contributed by atoms with E-state index >= 15 is 0 Å². The molecule has 1 N–H and O–H groups in total. The first kappa shape index (κ1) is 13.0. The summed E-state index contributed by atoms with van der Waals surface area (Å²) in [6.07, 6.45) is 1.60. The van der Waals surface area contributed by atoms with Crippen molar-refractivity contribution in [1.29, 1.82) is 0 Å². The molecule has 1 aromatic rings. The fourth-order valence-electron chi connectivity index (χ4n) is 2.53. The predicted molar refractivity (Wildman–Crippen MR) is 68.4 cm³/mol. The van der Waals surface area contributed by atoms with Crippen LogP contribution in [0.25, 0.3) is 0 Å². The number of carbonyl (C=O) groups excluding carboxylic acids is 1. The summed E-state index contributed by atoms with van der Waals surface area (Å²) in [4.78, 5) is 13.7. The second-order valence-corrected chi connectivity index (χ2v) is 4.74. The standard InChI is InChI=1S/C14H19FN2O/c1-3-6-10(2)17-13(18)9-16-14(17)11-7-4-5-8-12(11)15/h4-5,7-8,10,14,16H,3,6,9H2,1-2H3. The van der Waals surface area contributed by atoms with Gasteiger partial charge in [-0.25, -0.2) is 4.39 Å². The van der Waals surface area contributed by atoms with Crippen molar-refractivity contribution >= 4 is 5.91 Å². The molecule has 1 aliphatic heterocycles. The van der Waals surface area contributed by atoms with Gasteiger partial charge in [0.2, 0.25) is 5.91 Å². The minimum Gasteiger partial charge on any atom is -0.319 e. The Balaban J connectivity index is 2.27. The highest BCUT2D eigenvalue weighted by molar-refractivity contribution is 5.81. The number of benzene rings is 1. The fraction of sp³-hybridized carbons (Fsp3) is 0.500. The number of amides is 1. The SMILES string of the molecule is CCCC(C)N1C(=O)CNC1c1ccccc1F.